The Bertz CT molecular complexity index is 406. The van der Waals surface area contributed by atoms with Crippen LogP contribution in [-0.2, 0) is 19.6 Å². The van der Waals surface area contributed by atoms with E-state index in [0.29, 0.717) is 12.5 Å². The quantitative estimate of drug-likeness (QED) is 0.485. The van der Waals surface area contributed by atoms with Crippen LogP contribution >= 0.6 is 0 Å². The predicted octanol–water partition coefficient (Wildman–Crippen LogP) is 0.224. The summed E-state index contributed by atoms with van der Waals surface area (Å²) in [6, 6.07) is 0. The van der Waals surface area contributed by atoms with Crippen molar-refractivity contribution in [1.29, 1.82) is 0 Å². The fraction of sp³-hybridized carbons (Fsp3) is 0.727. The van der Waals surface area contributed by atoms with Gasteiger partial charge in [-0.3, -0.25) is 4.79 Å². The summed E-state index contributed by atoms with van der Waals surface area (Å²) in [5, 5.41) is 0. The maximum absolute atomic E-state index is 11.9. The Morgan fingerprint density at radius 1 is 1.53 bits per heavy atom. The van der Waals surface area contributed by atoms with Gasteiger partial charge < -0.3 is 4.74 Å². The van der Waals surface area contributed by atoms with Crippen LogP contribution in [0.15, 0.2) is 0 Å². The van der Waals surface area contributed by atoms with Crippen molar-refractivity contribution in [3.8, 4) is 12.3 Å². The highest BCUT2D eigenvalue weighted by Gasteiger charge is 2.30. The van der Waals surface area contributed by atoms with Crippen LogP contribution in [0.1, 0.15) is 19.3 Å². The van der Waals surface area contributed by atoms with E-state index in [1.54, 1.807) is 0 Å². The van der Waals surface area contributed by atoms with Gasteiger partial charge in [0, 0.05) is 6.54 Å². The lowest BCUT2D eigenvalue weighted by atomic mass is 10.4. The molecule has 0 atom stereocenters. The number of methoxy groups -OCH3 is 1. The van der Waals surface area contributed by atoms with Gasteiger partial charge in [-0.05, 0) is 18.8 Å². The number of carbonyl (C=O) groups is 1. The van der Waals surface area contributed by atoms with Gasteiger partial charge in [-0.2, -0.15) is 4.31 Å². The average molecular weight is 259 g/mol. The molecule has 0 heterocycles. The molecule has 0 aromatic rings. The third-order valence-electron chi connectivity index (χ3n) is 2.61. The molecule has 0 aliphatic heterocycles. The first-order chi connectivity index (χ1) is 7.99. The normalized spacial score (nSPS) is 15.6. The van der Waals surface area contributed by atoms with Crippen LogP contribution in [0.5, 0.6) is 0 Å². The molecule has 0 N–H and O–H groups in total. The number of sulfonamides is 1. The van der Waals surface area contributed by atoms with E-state index in [0.717, 1.165) is 12.8 Å². The Hall–Kier alpha value is -1.06. The molecule has 96 valence electrons. The average Bonchev–Trinajstić information content (AvgIpc) is 3.09. The highest BCUT2D eigenvalue weighted by Crippen LogP contribution is 2.30. The molecule has 1 aliphatic carbocycles. The molecule has 1 fully saturated rings. The van der Waals surface area contributed by atoms with Crippen molar-refractivity contribution in [3.05, 3.63) is 0 Å². The van der Waals surface area contributed by atoms with Gasteiger partial charge in [0.25, 0.3) is 0 Å². The highest BCUT2D eigenvalue weighted by molar-refractivity contribution is 7.89. The third kappa shape index (κ3) is 4.75. The van der Waals surface area contributed by atoms with E-state index < -0.39 is 16.0 Å². The van der Waals surface area contributed by atoms with Gasteiger partial charge in [-0.1, -0.05) is 5.92 Å². The Morgan fingerprint density at radius 3 is 2.65 bits per heavy atom. The van der Waals surface area contributed by atoms with Crippen LogP contribution in [0.3, 0.4) is 0 Å². The lowest BCUT2D eigenvalue weighted by Crippen LogP contribution is -2.35. The van der Waals surface area contributed by atoms with Crippen molar-refractivity contribution in [2.24, 2.45) is 5.92 Å². The molecule has 1 aliphatic rings. The monoisotopic (exact) mass is 259 g/mol. The van der Waals surface area contributed by atoms with Crippen LogP contribution < -0.4 is 0 Å². The van der Waals surface area contributed by atoms with Crippen molar-refractivity contribution in [1.82, 2.24) is 4.31 Å². The number of esters is 1. The van der Waals surface area contributed by atoms with E-state index in [1.807, 2.05) is 0 Å². The Labute approximate surface area is 102 Å². The summed E-state index contributed by atoms with van der Waals surface area (Å²) in [4.78, 5) is 10.9. The highest BCUT2D eigenvalue weighted by atomic mass is 32.2. The van der Waals surface area contributed by atoms with Gasteiger partial charge >= 0.3 is 5.97 Å². The Morgan fingerprint density at radius 2 is 2.18 bits per heavy atom. The molecule has 6 heteroatoms. The second-order valence-corrected chi connectivity index (χ2v) is 6.17. The molecule has 1 saturated carbocycles. The standard InChI is InChI=1S/C11H17NO4S/c1-3-7-12(9-10-4-5-10)17(14,15)8-6-11(13)16-2/h1,10H,4-9H2,2H3. The van der Waals surface area contributed by atoms with Crippen LogP contribution in [0.2, 0.25) is 0 Å². The molecule has 0 saturated heterocycles. The summed E-state index contributed by atoms with van der Waals surface area (Å²) in [6.07, 6.45) is 7.12. The van der Waals surface area contributed by atoms with Gasteiger partial charge in [0.2, 0.25) is 10.0 Å². The fourth-order valence-electron chi connectivity index (χ4n) is 1.41. The molecule has 0 spiro atoms. The largest absolute Gasteiger partial charge is 0.469 e. The smallest absolute Gasteiger partial charge is 0.306 e. The number of hydrogen-bond acceptors (Lipinski definition) is 4. The minimum absolute atomic E-state index is 0.0695. The number of carbonyl (C=O) groups excluding carboxylic acids is 1. The molecule has 0 unspecified atom stereocenters. The van der Waals surface area contributed by atoms with Gasteiger partial charge in [-0.25, -0.2) is 8.42 Å². The van der Waals surface area contributed by atoms with Crippen molar-refractivity contribution in [2.45, 2.75) is 19.3 Å². The number of rotatable bonds is 7. The van der Waals surface area contributed by atoms with E-state index in [4.69, 9.17) is 6.42 Å². The molecule has 0 aromatic carbocycles. The first kappa shape index (κ1) is 14.0. The zero-order valence-electron chi connectivity index (χ0n) is 9.89. The van der Waals surface area contributed by atoms with E-state index in [9.17, 15) is 13.2 Å². The summed E-state index contributed by atoms with van der Waals surface area (Å²) >= 11 is 0. The Balaban J connectivity index is 2.56. The van der Waals surface area contributed by atoms with Crippen LogP contribution in [0.4, 0.5) is 0 Å². The second kappa shape index (κ2) is 6.03. The molecule has 0 aromatic heterocycles. The van der Waals surface area contributed by atoms with Gasteiger partial charge in [0.1, 0.15) is 0 Å². The third-order valence-corrected chi connectivity index (χ3v) is 4.40. The van der Waals surface area contributed by atoms with Gasteiger partial charge in [-0.15, -0.1) is 6.42 Å². The van der Waals surface area contributed by atoms with E-state index >= 15 is 0 Å². The number of terminal acetylenes is 1. The molecule has 0 radical (unpaired) electrons. The summed E-state index contributed by atoms with van der Waals surface area (Å²) in [7, 11) is -2.22. The molecular formula is C11H17NO4S. The number of ether oxygens (including phenoxy) is 1. The number of nitrogens with zero attached hydrogens (tertiary/aromatic N) is 1. The topological polar surface area (TPSA) is 63.7 Å². The van der Waals surface area contributed by atoms with Crippen molar-refractivity contribution in [2.75, 3.05) is 26.0 Å². The molecule has 0 amide bonds. The predicted molar refractivity (Wildman–Crippen MR) is 63.5 cm³/mol. The maximum atomic E-state index is 11.9. The zero-order chi connectivity index (χ0) is 12.9. The summed E-state index contributed by atoms with van der Waals surface area (Å²) in [5.74, 6) is 2.00. The molecule has 1 rings (SSSR count). The molecule has 17 heavy (non-hydrogen) atoms. The fourth-order valence-corrected chi connectivity index (χ4v) is 2.80. The molecular weight excluding hydrogens is 242 g/mol. The summed E-state index contributed by atoms with van der Waals surface area (Å²) in [5.41, 5.74) is 0. The summed E-state index contributed by atoms with van der Waals surface area (Å²) in [6.45, 7) is 0.535. The minimum Gasteiger partial charge on any atom is -0.469 e. The minimum atomic E-state index is -3.45. The van der Waals surface area contributed by atoms with E-state index in [1.165, 1.54) is 11.4 Å². The van der Waals surface area contributed by atoms with E-state index in [2.05, 4.69) is 10.7 Å². The van der Waals surface area contributed by atoms with Crippen LogP contribution in [0, 0.1) is 18.3 Å². The second-order valence-electron chi connectivity index (χ2n) is 4.08. The van der Waals surface area contributed by atoms with Crippen LogP contribution in [0.25, 0.3) is 0 Å². The first-order valence-electron chi connectivity index (χ1n) is 5.47. The van der Waals surface area contributed by atoms with Gasteiger partial charge in [0.15, 0.2) is 0 Å². The van der Waals surface area contributed by atoms with Gasteiger partial charge in [0.05, 0.1) is 25.8 Å². The zero-order valence-corrected chi connectivity index (χ0v) is 10.7. The first-order valence-corrected chi connectivity index (χ1v) is 7.08. The Kier molecular flexibility index (Phi) is 4.97. The molecule has 0 bridgehead atoms. The van der Waals surface area contributed by atoms with Crippen molar-refractivity contribution < 1.29 is 17.9 Å². The number of hydrogen-bond donors (Lipinski definition) is 0. The summed E-state index contributed by atoms with van der Waals surface area (Å²) < 4.78 is 29.6. The molecule has 5 nitrogen and oxygen atoms in total. The maximum Gasteiger partial charge on any atom is 0.306 e. The lowest BCUT2D eigenvalue weighted by Gasteiger charge is -2.19. The van der Waals surface area contributed by atoms with Crippen LogP contribution in [-0.4, -0.2) is 44.6 Å². The van der Waals surface area contributed by atoms with E-state index in [-0.39, 0.29) is 18.7 Å². The van der Waals surface area contributed by atoms with Crippen molar-refractivity contribution in [3.63, 3.8) is 0 Å². The SMILES string of the molecule is C#CCN(CC1CC1)S(=O)(=O)CCC(=O)OC. The lowest BCUT2D eigenvalue weighted by molar-refractivity contribution is -0.140. The van der Waals surface area contributed by atoms with Crippen molar-refractivity contribution >= 4 is 16.0 Å².